The van der Waals surface area contributed by atoms with Crippen molar-refractivity contribution in [2.45, 2.75) is 4.90 Å². The lowest BCUT2D eigenvalue weighted by Gasteiger charge is -2.13. The second-order valence-electron chi connectivity index (χ2n) is 6.03. The maximum Gasteiger partial charge on any atom is 0.263 e. The van der Waals surface area contributed by atoms with Gasteiger partial charge >= 0.3 is 0 Å². The summed E-state index contributed by atoms with van der Waals surface area (Å²) in [7, 11) is -4.25. The van der Waals surface area contributed by atoms with Gasteiger partial charge in [0.1, 0.15) is 12.1 Å². The lowest BCUT2D eigenvalue weighted by atomic mass is 10.0. The largest absolute Gasteiger partial charge is 0.451 e. The Kier molecular flexibility index (Phi) is 5.42. The van der Waals surface area contributed by atoms with Gasteiger partial charge in [-0.1, -0.05) is 48.5 Å². The number of rotatable bonds is 6. The van der Waals surface area contributed by atoms with Crippen LogP contribution in [0, 0.1) is 11.6 Å². The molecule has 0 atom stereocenters. The summed E-state index contributed by atoms with van der Waals surface area (Å²) < 4.78 is 65.3. The van der Waals surface area contributed by atoms with E-state index < -0.39 is 32.3 Å². The van der Waals surface area contributed by atoms with Crippen LogP contribution in [0.1, 0.15) is 0 Å². The molecule has 1 aromatic heterocycles. The summed E-state index contributed by atoms with van der Waals surface area (Å²) in [6, 6.07) is 17.3. The molecule has 1 heterocycles. The van der Waals surface area contributed by atoms with Crippen molar-refractivity contribution in [2.24, 2.45) is 0 Å². The first-order chi connectivity index (χ1) is 14.4. The van der Waals surface area contributed by atoms with E-state index in [9.17, 15) is 17.2 Å². The fourth-order valence-corrected chi connectivity index (χ4v) is 4.39. The first-order valence-corrected chi connectivity index (χ1v) is 10.8. The van der Waals surface area contributed by atoms with Crippen LogP contribution in [0.2, 0.25) is 0 Å². The third-order valence-electron chi connectivity index (χ3n) is 4.05. The molecule has 0 aliphatic heterocycles. The van der Waals surface area contributed by atoms with Crippen molar-refractivity contribution in [2.75, 3.05) is 4.72 Å². The summed E-state index contributed by atoms with van der Waals surface area (Å²) in [6.45, 7) is 0. The Morgan fingerprint density at radius 2 is 1.60 bits per heavy atom. The van der Waals surface area contributed by atoms with Gasteiger partial charge in [0.2, 0.25) is 5.13 Å². The van der Waals surface area contributed by atoms with Crippen molar-refractivity contribution >= 4 is 26.7 Å². The highest BCUT2D eigenvalue weighted by molar-refractivity contribution is 7.93. The molecule has 0 amide bonds. The number of benzene rings is 3. The zero-order chi connectivity index (χ0) is 21.1. The van der Waals surface area contributed by atoms with Crippen LogP contribution in [0.4, 0.5) is 13.9 Å². The van der Waals surface area contributed by atoms with Crippen LogP contribution in [0.25, 0.3) is 11.1 Å². The van der Waals surface area contributed by atoms with Crippen LogP contribution in [-0.4, -0.2) is 17.8 Å². The molecule has 30 heavy (non-hydrogen) atoms. The number of hydrogen-bond acceptors (Lipinski definition) is 6. The molecule has 0 unspecified atom stereocenters. The number of anilines is 1. The van der Waals surface area contributed by atoms with Gasteiger partial charge in [-0.3, -0.25) is 4.72 Å². The van der Waals surface area contributed by atoms with Gasteiger partial charge in [0.25, 0.3) is 10.0 Å². The first kappa shape index (κ1) is 19.9. The summed E-state index contributed by atoms with van der Waals surface area (Å²) in [5, 5.41) is -0.0204. The van der Waals surface area contributed by atoms with Gasteiger partial charge in [0, 0.05) is 17.1 Å². The topological polar surface area (TPSA) is 81.2 Å². The number of nitrogens with zero attached hydrogens (tertiary/aromatic N) is 2. The normalized spacial score (nSPS) is 11.3. The van der Waals surface area contributed by atoms with E-state index >= 15 is 0 Å². The maximum absolute atomic E-state index is 14.7. The molecule has 0 aliphatic rings. The van der Waals surface area contributed by atoms with Gasteiger partial charge in [-0.05, 0) is 23.8 Å². The lowest BCUT2D eigenvalue weighted by molar-refractivity contribution is 0.406. The Hall–Kier alpha value is -3.37. The zero-order valence-electron chi connectivity index (χ0n) is 15.1. The average Bonchev–Trinajstić information content (AvgIpc) is 3.24. The second-order valence-corrected chi connectivity index (χ2v) is 8.49. The van der Waals surface area contributed by atoms with Gasteiger partial charge in [0.05, 0.1) is 4.90 Å². The molecule has 0 aliphatic carbocycles. The summed E-state index contributed by atoms with van der Waals surface area (Å²) >= 11 is 0.794. The van der Waals surface area contributed by atoms with Crippen LogP contribution < -0.4 is 9.46 Å². The Balaban J connectivity index is 1.68. The molecular weight excluding hydrogens is 432 g/mol. The van der Waals surface area contributed by atoms with E-state index in [-0.39, 0.29) is 10.9 Å². The highest BCUT2D eigenvalue weighted by Crippen LogP contribution is 2.36. The van der Waals surface area contributed by atoms with Crippen molar-refractivity contribution in [3.63, 3.8) is 0 Å². The van der Waals surface area contributed by atoms with Crippen LogP contribution in [-0.2, 0) is 10.0 Å². The number of nitrogens with one attached hydrogen (secondary N) is 1. The van der Waals surface area contributed by atoms with Crippen molar-refractivity contribution in [1.82, 2.24) is 9.36 Å². The highest BCUT2D eigenvalue weighted by Gasteiger charge is 2.23. The van der Waals surface area contributed by atoms with Crippen LogP contribution in [0.3, 0.4) is 0 Å². The molecule has 0 fully saturated rings. The number of sulfonamides is 1. The summed E-state index contributed by atoms with van der Waals surface area (Å²) in [5.41, 5.74) is 1.43. The third-order valence-corrected chi connectivity index (χ3v) is 6.08. The van der Waals surface area contributed by atoms with E-state index in [0.29, 0.717) is 17.7 Å². The van der Waals surface area contributed by atoms with Crippen LogP contribution >= 0.6 is 11.5 Å². The van der Waals surface area contributed by atoms with E-state index in [1.165, 1.54) is 0 Å². The molecule has 3 aromatic carbocycles. The molecule has 6 nitrogen and oxygen atoms in total. The van der Waals surface area contributed by atoms with Crippen molar-refractivity contribution in [1.29, 1.82) is 0 Å². The van der Waals surface area contributed by atoms with Gasteiger partial charge in [-0.25, -0.2) is 22.2 Å². The molecular formula is C20H13F2N3O3S2. The van der Waals surface area contributed by atoms with E-state index in [4.69, 9.17) is 4.74 Å². The highest BCUT2D eigenvalue weighted by atomic mass is 32.2. The smallest absolute Gasteiger partial charge is 0.263 e. The maximum atomic E-state index is 14.7. The fourth-order valence-electron chi connectivity index (χ4n) is 2.70. The molecule has 0 saturated heterocycles. The summed E-state index contributed by atoms with van der Waals surface area (Å²) in [4.78, 5) is 3.09. The molecule has 0 spiro atoms. The second kappa shape index (κ2) is 8.17. The number of hydrogen-bond donors (Lipinski definition) is 1. The Labute approximate surface area is 175 Å². The van der Waals surface area contributed by atoms with E-state index in [1.54, 1.807) is 24.3 Å². The van der Waals surface area contributed by atoms with Gasteiger partial charge in [-0.15, -0.1) is 0 Å². The lowest BCUT2D eigenvalue weighted by Crippen LogP contribution is -2.13. The van der Waals surface area contributed by atoms with Gasteiger partial charge < -0.3 is 4.74 Å². The minimum absolute atomic E-state index is 0.0204. The minimum atomic E-state index is -4.25. The van der Waals surface area contributed by atoms with Crippen molar-refractivity contribution in [3.8, 4) is 22.6 Å². The number of para-hydroxylation sites is 1. The average molecular weight is 445 g/mol. The van der Waals surface area contributed by atoms with Crippen molar-refractivity contribution in [3.05, 3.63) is 84.7 Å². The SMILES string of the molecule is O=S(=O)(Nc1ncns1)c1cc(F)c(Oc2ccccc2-c2ccccc2)c(F)c1. The molecule has 1 N–H and O–H groups in total. The fraction of sp³-hybridized carbons (Fsp3) is 0. The quantitative estimate of drug-likeness (QED) is 0.448. The standard InChI is InChI=1S/C20H13F2N3O3S2/c21-16-10-14(30(26,27)25-20-23-12-24-29-20)11-17(22)19(16)28-18-9-5-4-8-15(18)13-6-2-1-3-7-13/h1-12H,(H,23,24,25). The van der Waals surface area contributed by atoms with Crippen LogP contribution in [0.15, 0.2) is 78.0 Å². The molecule has 0 radical (unpaired) electrons. The van der Waals surface area contributed by atoms with E-state index in [2.05, 4.69) is 14.1 Å². The first-order valence-electron chi connectivity index (χ1n) is 8.55. The van der Waals surface area contributed by atoms with E-state index in [1.807, 2.05) is 30.3 Å². The van der Waals surface area contributed by atoms with Gasteiger partial charge in [0.15, 0.2) is 17.4 Å². The molecule has 0 bridgehead atoms. The molecule has 4 aromatic rings. The zero-order valence-corrected chi connectivity index (χ0v) is 16.8. The minimum Gasteiger partial charge on any atom is -0.451 e. The monoisotopic (exact) mass is 445 g/mol. The summed E-state index contributed by atoms with van der Waals surface area (Å²) in [5.74, 6) is -2.79. The predicted octanol–water partition coefficient (Wildman–Crippen LogP) is 5.08. The Morgan fingerprint density at radius 1 is 0.933 bits per heavy atom. The summed E-state index contributed by atoms with van der Waals surface area (Å²) in [6.07, 6.45) is 1.16. The number of halogens is 2. The van der Waals surface area contributed by atoms with Crippen LogP contribution in [0.5, 0.6) is 11.5 Å². The number of aromatic nitrogens is 2. The van der Waals surface area contributed by atoms with E-state index in [0.717, 1.165) is 23.4 Å². The Morgan fingerprint density at radius 3 is 2.27 bits per heavy atom. The molecule has 10 heteroatoms. The third kappa shape index (κ3) is 4.14. The predicted molar refractivity (Wildman–Crippen MR) is 109 cm³/mol. The molecule has 0 saturated carbocycles. The molecule has 152 valence electrons. The Bertz CT molecular complexity index is 1260. The number of ether oxygens (including phenoxy) is 1. The molecule has 4 rings (SSSR count). The van der Waals surface area contributed by atoms with Gasteiger partial charge in [-0.2, -0.15) is 4.37 Å². The van der Waals surface area contributed by atoms with Crippen molar-refractivity contribution < 1.29 is 21.9 Å².